The maximum absolute atomic E-state index is 10.8. The fourth-order valence-electron chi connectivity index (χ4n) is 2.46. The van der Waals surface area contributed by atoms with Crippen molar-refractivity contribution in [2.24, 2.45) is 0 Å². The standard InChI is InChI=1S/C19H17N3O3S/c23-22(24)17-10-8-16(9-11-17)20-19(26)21(14-18-7-4-12-25-18)13-15-5-2-1-3-6-15/h1-12H,13-14H2,(H,20,26). The summed E-state index contributed by atoms with van der Waals surface area (Å²) in [5.74, 6) is 0.800. The van der Waals surface area contributed by atoms with E-state index >= 15 is 0 Å². The Kier molecular flexibility index (Phi) is 5.60. The van der Waals surface area contributed by atoms with Gasteiger partial charge in [-0.1, -0.05) is 30.3 Å². The fraction of sp³-hybridized carbons (Fsp3) is 0.105. The van der Waals surface area contributed by atoms with Gasteiger partial charge in [0.1, 0.15) is 5.76 Å². The monoisotopic (exact) mass is 367 g/mol. The van der Waals surface area contributed by atoms with E-state index < -0.39 is 4.92 Å². The number of anilines is 1. The molecule has 1 aromatic heterocycles. The van der Waals surface area contributed by atoms with E-state index in [1.165, 1.54) is 12.1 Å². The summed E-state index contributed by atoms with van der Waals surface area (Å²) in [4.78, 5) is 12.3. The summed E-state index contributed by atoms with van der Waals surface area (Å²) >= 11 is 5.55. The molecule has 26 heavy (non-hydrogen) atoms. The lowest BCUT2D eigenvalue weighted by Gasteiger charge is -2.25. The molecule has 1 heterocycles. The molecule has 0 unspecified atom stereocenters. The van der Waals surface area contributed by atoms with Crippen LogP contribution >= 0.6 is 12.2 Å². The first-order valence-corrected chi connectivity index (χ1v) is 8.39. The molecule has 0 atom stereocenters. The molecule has 2 aromatic carbocycles. The van der Waals surface area contributed by atoms with Gasteiger partial charge in [0.2, 0.25) is 0 Å². The van der Waals surface area contributed by atoms with Gasteiger partial charge >= 0.3 is 0 Å². The lowest BCUT2D eigenvalue weighted by molar-refractivity contribution is -0.384. The van der Waals surface area contributed by atoms with E-state index in [0.29, 0.717) is 23.9 Å². The minimum Gasteiger partial charge on any atom is -0.467 e. The van der Waals surface area contributed by atoms with E-state index in [2.05, 4.69) is 5.32 Å². The number of non-ortho nitro benzene ring substituents is 1. The van der Waals surface area contributed by atoms with E-state index in [-0.39, 0.29) is 5.69 Å². The molecule has 0 spiro atoms. The Bertz CT molecular complexity index is 865. The molecule has 0 saturated carbocycles. The van der Waals surface area contributed by atoms with Crippen LogP contribution in [-0.4, -0.2) is 14.9 Å². The first kappa shape index (κ1) is 17.6. The van der Waals surface area contributed by atoms with Gasteiger partial charge in [-0.3, -0.25) is 10.1 Å². The van der Waals surface area contributed by atoms with Gasteiger partial charge in [0.25, 0.3) is 5.69 Å². The Balaban J connectivity index is 1.74. The van der Waals surface area contributed by atoms with E-state index in [4.69, 9.17) is 16.6 Å². The van der Waals surface area contributed by atoms with E-state index in [9.17, 15) is 10.1 Å². The van der Waals surface area contributed by atoms with Crippen molar-refractivity contribution in [1.82, 2.24) is 4.90 Å². The zero-order chi connectivity index (χ0) is 18.4. The van der Waals surface area contributed by atoms with Gasteiger partial charge in [-0.05, 0) is 42.0 Å². The molecule has 0 aliphatic heterocycles. The summed E-state index contributed by atoms with van der Waals surface area (Å²) in [5, 5.41) is 14.4. The second-order valence-corrected chi connectivity index (χ2v) is 6.04. The summed E-state index contributed by atoms with van der Waals surface area (Å²) in [5.41, 5.74) is 1.85. The zero-order valence-corrected chi connectivity index (χ0v) is 14.7. The number of nitro benzene ring substituents is 1. The van der Waals surface area contributed by atoms with Crippen molar-refractivity contribution >= 4 is 28.7 Å². The summed E-state index contributed by atoms with van der Waals surface area (Å²) in [6, 6.07) is 19.9. The predicted octanol–water partition coefficient (Wildman–Crippen LogP) is 4.59. The lowest BCUT2D eigenvalue weighted by atomic mass is 10.2. The minimum absolute atomic E-state index is 0.0400. The number of nitrogens with zero attached hydrogens (tertiary/aromatic N) is 2. The SMILES string of the molecule is O=[N+]([O-])c1ccc(NC(=S)N(Cc2ccccc2)Cc2ccco2)cc1. The Labute approximate surface area is 156 Å². The number of thiocarbonyl (C=S) groups is 1. The van der Waals surface area contributed by atoms with E-state index in [1.54, 1.807) is 18.4 Å². The number of nitrogens with one attached hydrogen (secondary N) is 1. The number of rotatable bonds is 6. The van der Waals surface area contributed by atoms with Crippen LogP contribution in [0.3, 0.4) is 0 Å². The first-order chi connectivity index (χ1) is 12.6. The summed E-state index contributed by atoms with van der Waals surface area (Å²) in [6.45, 7) is 1.13. The highest BCUT2D eigenvalue weighted by molar-refractivity contribution is 7.80. The Hall–Kier alpha value is -3.19. The highest BCUT2D eigenvalue weighted by Gasteiger charge is 2.14. The Morgan fingerprint density at radius 3 is 2.38 bits per heavy atom. The first-order valence-electron chi connectivity index (χ1n) is 7.98. The molecular formula is C19H17N3O3S. The van der Waals surface area contributed by atoms with Gasteiger partial charge in [0.15, 0.2) is 5.11 Å². The van der Waals surface area contributed by atoms with E-state index in [0.717, 1.165) is 11.3 Å². The van der Waals surface area contributed by atoms with Gasteiger partial charge in [0.05, 0.1) is 17.7 Å². The molecule has 3 aromatic rings. The molecule has 0 amide bonds. The zero-order valence-electron chi connectivity index (χ0n) is 13.9. The van der Waals surface area contributed by atoms with Crippen molar-refractivity contribution in [3.05, 3.63) is 94.4 Å². The van der Waals surface area contributed by atoms with Crippen LogP contribution < -0.4 is 5.32 Å². The van der Waals surface area contributed by atoms with Gasteiger partial charge in [-0.25, -0.2) is 0 Å². The molecule has 3 rings (SSSR count). The minimum atomic E-state index is -0.430. The number of benzene rings is 2. The highest BCUT2D eigenvalue weighted by atomic mass is 32.1. The summed E-state index contributed by atoms with van der Waals surface area (Å²) in [7, 11) is 0. The second kappa shape index (κ2) is 8.26. The lowest BCUT2D eigenvalue weighted by Crippen LogP contribution is -2.33. The Morgan fingerprint density at radius 1 is 1.04 bits per heavy atom. The van der Waals surface area contributed by atoms with Crippen LogP contribution in [0.15, 0.2) is 77.4 Å². The van der Waals surface area contributed by atoms with Crippen molar-refractivity contribution in [1.29, 1.82) is 0 Å². The van der Waals surface area contributed by atoms with Crippen molar-refractivity contribution in [3.8, 4) is 0 Å². The predicted molar refractivity (Wildman–Crippen MR) is 104 cm³/mol. The van der Waals surface area contributed by atoms with Crippen LogP contribution in [0.2, 0.25) is 0 Å². The number of furan rings is 1. The molecule has 0 fully saturated rings. The molecule has 0 bridgehead atoms. The largest absolute Gasteiger partial charge is 0.467 e. The Morgan fingerprint density at radius 2 is 1.77 bits per heavy atom. The van der Waals surface area contributed by atoms with Crippen LogP contribution in [0, 0.1) is 10.1 Å². The van der Waals surface area contributed by atoms with Crippen LogP contribution in [0.25, 0.3) is 0 Å². The molecule has 0 radical (unpaired) electrons. The van der Waals surface area contributed by atoms with Crippen molar-refractivity contribution in [3.63, 3.8) is 0 Å². The quantitative estimate of drug-likeness (QED) is 0.390. The maximum atomic E-state index is 10.8. The average Bonchev–Trinajstić information content (AvgIpc) is 3.15. The molecule has 0 aliphatic carbocycles. The molecule has 0 aliphatic rings. The maximum Gasteiger partial charge on any atom is 0.269 e. The highest BCUT2D eigenvalue weighted by Crippen LogP contribution is 2.17. The molecule has 7 heteroatoms. The van der Waals surface area contributed by atoms with Crippen LogP contribution in [-0.2, 0) is 13.1 Å². The number of hydrogen-bond acceptors (Lipinski definition) is 4. The van der Waals surface area contributed by atoms with Gasteiger partial charge in [0, 0.05) is 24.4 Å². The average molecular weight is 367 g/mol. The molecule has 132 valence electrons. The molecule has 1 N–H and O–H groups in total. The molecule has 6 nitrogen and oxygen atoms in total. The molecule has 0 saturated heterocycles. The topological polar surface area (TPSA) is 71.6 Å². The second-order valence-electron chi connectivity index (χ2n) is 5.66. The normalized spacial score (nSPS) is 10.3. The van der Waals surface area contributed by atoms with Crippen molar-refractivity contribution in [2.45, 2.75) is 13.1 Å². The van der Waals surface area contributed by atoms with Crippen molar-refractivity contribution in [2.75, 3.05) is 5.32 Å². The van der Waals surface area contributed by atoms with Crippen LogP contribution in [0.1, 0.15) is 11.3 Å². The van der Waals surface area contributed by atoms with Crippen molar-refractivity contribution < 1.29 is 9.34 Å². The van der Waals surface area contributed by atoms with Crippen LogP contribution in [0.4, 0.5) is 11.4 Å². The van der Waals surface area contributed by atoms with Gasteiger partial charge in [-0.15, -0.1) is 0 Å². The summed E-state index contributed by atoms with van der Waals surface area (Å²) in [6.07, 6.45) is 1.63. The molecular weight excluding hydrogens is 350 g/mol. The third kappa shape index (κ3) is 4.67. The third-order valence-corrected chi connectivity index (χ3v) is 4.12. The van der Waals surface area contributed by atoms with Crippen LogP contribution in [0.5, 0.6) is 0 Å². The summed E-state index contributed by atoms with van der Waals surface area (Å²) < 4.78 is 5.44. The smallest absolute Gasteiger partial charge is 0.269 e. The number of nitro groups is 1. The third-order valence-electron chi connectivity index (χ3n) is 3.76. The number of hydrogen-bond donors (Lipinski definition) is 1. The van der Waals surface area contributed by atoms with E-state index in [1.807, 2.05) is 47.4 Å². The van der Waals surface area contributed by atoms with Gasteiger partial charge < -0.3 is 14.6 Å². The van der Waals surface area contributed by atoms with Gasteiger partial charge in [-0.2, -0.15) is 0 Å². The fourth-order valence-corrected chi connectivity index (χ4v) is 2.71.